The van der Waals surface area contributed by atoms with Crippen LogP contribution in [0.3, 0.4) is 0 Å². The van der Waals surface area contributed by atoms with E-state index < -0.39 is 5.97 Å². The number of carbonyl (C=O) groups excluding carboxylic acids is 2. The van der Waals surface area contributed by atoms with Crippen LogP contribution in [0, 0.1) is 5.92 Å². The molecule has 0 aromatic heterocycles. The standard InChI is InChI=1S/C16H27N3O4S2/c1-9(2)12(19(5)10(3)20)7-13(23-16(24)17-4)14-18-11(8-25-14)15(21)22-6/h8-9,12-14,18H,7H2,1-6H3,(H,17,24). The Hall–Kier alpha value is -1.48. The molecular weight excluding hydrogens is 362 g/mol. The van der Waals surface area contributed by atoms with Gasteiger partial charge in [-0.05, 0) is 18.1 Å². The van der Waals surface area contributed by atoms with Crippen LogP contribution in [0.1, 0.15) is 27.2 Å². The highest BCUT2D eigenvalue weighted by atomic mass is 32.2. The van der Waals surface area contributed by atoms with Gasteiger partial charge in [0.05, 0.1) is 7.11 Å². The fourth-order valence-corrected chi connectivity index (χ4v) is 3.65. The van der Waals surface area contributed by atoms with Gasteiger partial charge in [0.1, 0.15) is 17.2 Å². The predicted molar refractivity (Wildman–Crippen MR) is 103 cm³/mol. The van der Waals surface area contributed by atoms with Gasteiger partial charge in [-0.1, -0.05) is 13.8 Å². The molecule has 0 bridgehead atoms. The number of ether oxygens (including phenoxy) is 2. The molecule has 3 atom stereocenters. The molecule has 3 unspecified atom stereocenters. The summed E-state index contributed by atoms with van der Waals surface area (Å²) in [4.78, 5) is 25.2. The molecule has 1 aliphatic heterocycles. The van der Waals surface area contributed by atoms with Crippen LogP contribution in [0.25, 0.3) is 0 Å². The fourth-order valence-electron chi connectivity index (χ4n) is 2.54. The second-order valence-electron chi connectivity index (χ2n) is 6.09. The monoisotopic (exact) mass is 389 g/mol. The molecule has 0 aliphatic carbocycles. The lowest BCUT2D eigenvalue weighted by Crippen LogP contribution is -2.47. The third kappa shape index (κ3) is 6.07. The van der Waals surface area contributed by atoms with Crippen LogP contribution in [-0.2, 0) is 19.1 Å². The summed E-state index contributed by atoms with van der Waals surface area (Å²) in [7, 11) is 4.81. The number of nitrogens with one attached hydrogen (secondary N) is 2. The third-order valence-corrected chi connectivity index (χ3v) is 5.46. The summed E-state index contributed by atoms with van der Waals surface area (Å²) in [6, 6.07) is -0.0215. The van der Waals surface area contributed by atoms with Crippen molar-refractivity contribution in [3.8, 4) is 0 Å². The molecule has 0 aromatic rings. The summed E-state index contributed by atoms with van der Waals surface area (Å²) in [6.07, 6.45) is 0.236. The number of esters is 1. The molecule has 0 radical (unpaired) electrons. The summed E-state index contributed by atoms with van der Waals surface area (Å²) >= 11 is 6.59. The van der Waals surface area contributed by atoms with Crippen molar-refractivity contribution < 1.29 is 19.1 Å². The maximum Gasteiger partial charge on any atom is 0.354 e. The Morgan fingerprint density at radius 3 is 2.60 bits per heavy atom. The lowest BCUT2D eigenvalue weighted by Gasteiger charge is -2.35. The molecule has 0 fully saturated rings. The second-order valence-corrected chi connectivity index (χ2v) is 7.48. The van der Waals surface area contributed by atoms with Crippen LogP contribution < -0.4 is 10.6 Å². The van der Waals surface area contributed by atoms with Crippen molar-refractivity contribution in [3.63, 3.8) is 0 Å². The van der Waals surface area contributed by atoms with E-state index in [2.05, 4.69) is 24.5 Å². The Bertz CT molecular complexity index is 539. The minimum Gasteiger partial charge on any atom is -0.465 e. The first-order valence-electron chi connectivity index (χ1n) is 8.03. The topological polar surface area (TPSA) is 79.9 Å². The molecule has 0 saturated carbocycles. The lowest BCUT2D eigenvalue weighted by atomic mass is 9.96. The first-order chi connectivity index (χ1) is 11.7. The van der Waals surface area contributed by atoms with Gasteiger partial charge in [-0.15, -0.1) is 11.8 Å². The first-order valence-corrected chi connectivity index (χ1v) is 9.38. The van der Waals surface area contributed by atoms with Gasteiger partial charge in [0.25, 0.3) is 5.17 Å². The van der Waals surface area contributed by atoms with Gasteiger partial charge in [0, 0.05) is 38.9 Å². The molecule has 142 valence electrons. The quantitative estimate of drug-likeness (QED) is 0.500. The van der Waals surface area contributed by atoms with Crippen molar-refractivity contribution >= 4 is 41.0 Å². The van der Waals surface area contributed by atoms with Gasteiger partial charge in [-0.2, -0.15) is 0 Å². The number of hydrogen-bond donors (Lipinski definition) is 2. The maximum absolute atomic E-state index is 11.8. The molecule has 7 nitrogen and oxygen atoms in total. The Balaban J connectivity index is 2.91. The van der Waals surface area contributed by atoms with Crippen molar-refractivity contribution in [2.75, 3.05) is 21.2 Å². The first kappa shape index (κ1) is 21.6. The van der Waals surface area contributed by atoms with Crippen LogP contribution in [0.2, 0.25) is 0 Å². The smallest absolute Gasteiger partial charge is 0.354 e. The number of hydrogen-bond acceptors (Lipinski definition) is 7. The van der Waals surface area contributed by atoms with Gasteiger partial charge >= 0.3 is 5.97 Å². The highest BCUT2D eigenvalue weighted by Gasteiger charge is 2.35. The van der Waals surface area contributed by atoms with Crippen LogP contribution >= 0.6 is 24.0 Å². The normalized spacial score (nSPS) is 18.7. The summed E-state index contributed by atoms with van der Waals surface area (Å²) in [5.74, 6) is -0.192. The SMILES string of the molecule is CNC(=S)OC(CC(C(C)C)N(C)C(C)=O)C1NC(C(=O)OC)=CS1. The Morgan fingerprint density at radius 1 is 1.48 bits per heavy atom. The molecule has 25 heavy (non-hydrogen) atoms. The summed E-state index contributed by atoms with van der Waals surface area (Å²) in [6.45, 7) is 5.67. The number of amides is 1. The number of rotatable bonds is 7. The molecular formula is C16H27N3O4S2. The molecule has 1 aliphatic rings. The van der Waals surface area contributed by atoms with Crippen molar-refractivity contribution in [2.24, 2.45) is 5.92 Å². The summed E-state index contributed by atoms with van der Waals surface area (Å²) in [5, 5.41) is 7.70. The number of methoxy groups -OCH3 is 1. The minimum atomic E-state index is -0.425. The molecule has 2 N–H and O–H groups in total. The zero-order valence-electron chi connectivity index (χ0n) is 15.5. The van der Waals surface area contributed by atoms with Gasteiger partial charge < -0.3 is 25.0 Å². The van der Waals surface area contributed by atoms with Gasteiger partial charge in [0.15, 0.2) is 0 Å². The largest absolute Gasteiger partial charge is 0.465 e. The Morgan fingerprint density at radius 2 is 2.12 bits per heavy atom. The zero-order chi connectivity index (χ0) is 19.1. The predicted octanol–water partition coefficient (Wildman–Crippen LogP) is 1.45. The molecule has 1 heterocycles. The average molecular weight is 390 g/mol. The van der Waals surface area contributed by atoms with E-state index in [0.717, 1.165) is 0 Å². The maximum atomic E-state index is 11.8. The van der Waals surface area contributed by atoms with Crippen LogP contribution in [0.4, 0.5) is 0 Å². The van der Waals surface area contributed by atoms with E-state index in [0.29, 0.717) is 12.1 Å². The summed E-state index contributed by atoms with van der Waals surface area (Å²) < 4.78 is 10.6. The number of thioether (sulfide) groups is 1. The van der Waals surface area contributed by atoms with Gasteiger partial charge in [0.2, 0.25) is 5.91 Å². The highest BCUT2D eigenvalue weighted by Crippen LogP contribution is 2.29. The Kier molecular flexibility index (Phi) is 8.51. The average Bonchev–Trinajstić information content (AvgIpc) is 3.06. The van der Waals surface area contributed by atoms with Crippen molar-refractivity contribution in [3.05, 3.63) is 11.1 Å². The fraction of sp³-hybridized carbons (Fsp3) is 0.688. The second kappa shape index (κ2) is 9.86. The van der Waals surface area contributed by atoms with Crippen LogP contribution in [0.5, 0.6) is 0 Å². The molecule has 1 rings (SSSR count). The molecule has 0 saturated heterocycles. The molecule has 0 aromatic carbocycles. The third-order valence-electron chi connectivity index (χ3n) is 4.07. The van der Waals surface area contributed by atoms with Crippen LogP contribution in [0.15, 0.2) is 11.1 Å². The van der Waals surface area contributed by atoms with E-state index in [1.165, 1.54) is 18.9 Å². The molecule has 0 spiro atoms. The van der Waals surface area contributed by atoms with E-state index in [1.807, 2.05) is 0 Å². The van der Waals surface area contributed by atoms with E-state index in [1.54, 1.807) is 31.3 Å². The van der Waals surface area contributed by atoms with E-state index in [-0.39, 0.29) is 34.5 Å². The Labute approximate surface area is 158 Å². The van der Waals surface area contributed by atoms with Crippen LogP contribution in [-0.4, -0.2) is 60.7 Å². The summed E-state index contributed by atoms with van der Waals surface area (Å²) in [5.41, 5.74) is 0.391. The van der Waals surface area contributed by atoms with Crippen molar-refractivity contribution in [2.45, 2.75) is 44.7 Å². The van der Waals surface area contributed by atoms with E-state index >= 15 is 0 Å². The molecule has 1 amide bonds. The van der Waals surface area contributed by atoms with Crippen molar-refractivity contribution in [1.82, 2.24) is 15.5 Å². The van der Waals surface area contributed by atoms with E-state index in [9.17, 15) is 9.59 Å². The van der Waals surface area contributed by atoms with Gasteiger partial charge in [-0.25, -0.2) is 4.79 Å². The van der Waals surface area contributed by atoms with Gasteiger partial charge in [-0.3, -0.25) is 4.79 Å². The lowest BCUT2D eigenvalue weighted by molar-refractivity contribution is -0.136. The number of carbonyl (C=O) groups is 2. The zero-order valence-corrected chi connectivity index (χ0v) is 17.1. The van der Waals surface area contributed by atoms with Crippen molar-refractivity contribution in [1.29, 1.82) is 0 Å². The number of thiocarbonyl (C=S) groups is 1. The van der Waals surface area contributed by atoms with E-state index in [4.69, 9.17) is 21.7 Å². The highest BCUT2D eigenvalue weighted by molar-refractivity contribution is 8.03. The molecule has 9 heteroatoms. The minimum absolute atomic E-state index is 0.00551. The number of nitrogens with zero attached hydrogens (tertiary/aromatic N) is 1.